The molecule has 0 bridgehead atoms. The molecule has 0 saturated carbocycles. The van der Waals surface area contributed by atoms with E-state index in [2.05, 4.69) is 22.5 Å². The molecule has 1 amide bonds. The molecule has 0 aliphatic heterocycles. The molecule has 6 nitrogen and oxygen atoms in total. The lowest BCUT2D eigenvalue weighted by Gasteiger charge is -2.12. The van der Waals surface area contributed by atoms with Gasteiger partial charge in [-0.05, 0) is 35.7 Å². The Bertz CT molecular complexity index is 1300. The van der Waals surface area contributed by atoms with Crippen LogP contribution in [0.4, 0.5) is 11.5 Å². The number of hydrogen-bond acceptors (Lipinski definition) is 4. The van der Waals surface area contributed by atoms with E-state index < -0.39 is 0 Å². The fourth-order valence-electron chi connectivity index (χ4n) is 3.47. The third-order valence-corrected chi connectivity index (χ3v) is 5.14. The number of benzene rings is 2. The molecular weight excluding hydrogens is 388 g/mol. The van der Waals surface area contributed by atoms with Crippen molar-refractivity contribution >= 4 is 28.3 Å². The van der Waals surface area contributed by atoms with Gasteiger partial charge in [-0.15, -0.1) is 0 Å². The average Bonchev–Trinajstić information content (AvgIpc) is 2.82. The highest BCUT2D eigenvalue weighted by Gasteiger charge is 2.13. The van der Waals surface area contributed by atoms with Crippen LogP contribution in [-0.2, 0) is 7.05 Å². The summed E-state index contributed by atoms with van der Waals surface area (Å²) in [7, 11) is 1.69. The Morgan fingerprint density at radius 3 is 2.55 bits per heavy atom. The summed E-state index contributed by atoms with van der Waals surface area (Å²) in [4.78, 5) is 30.2. The van der Waals surface area contributed by atoms with Gasteiger partial charge in [0.1, 0.15) is 11.5 Å². The monoisotopic (exact) mass is 412 g/mol. The molecule has 2 aromatic heterocycles. The molecule has 4 rings (SSSR count). The Labute approximate surface area is 180 Å². The van der Waals surface area contributed by atoms with Crippen molar-refractivity contribution in [3.05, 3.63) is 88.8 Å². The number of rotatable bonds is 6. The van der Waals surface area contributed by atoms with E-state index in [4.69, 9.17) is 0 Å². The molecule has 0 aliphatic carbocycles. The highest BCUT2D eigenvalue weighted by molar-refractivity contribution is 6.05. The molecule has 0 saturated heterocycles. The van der Waals surface area contributed by atoms with Crippen molar-refractivity contribution in [2.75, 3.05) is 17.2 Å². The van der Waals surface area contributed by atoms with E-state index in [9.17, 15) is 9.59 Å². The minimum Gasteiger partial charge on any atom is -0.370 e. The first-order valence-corrected chi connectivity index (χ1v) is 10.3. The lowest BCUT2D eigenvalue weighted by Crippen LogP contribution is -2.24. The van der Waals surface area contributed by atoms with Crippen molar-refractivity contribution < 1.29 is 4.79 Å². The maximum absolute atomic E-state index is 12.9. The van der Waals surface area contributed by atoms with Crippen LogP contribution in [0.2, 0.25) is 0 Å². The normalized spacial score (nSPS) is 10.8. The largest absolute Gasteiger partial charge is 0.370 e. The first kappa shape index (κ1) is 20.3. The lowest BCUT2D eigenvalue weighted by molar-refractivity contribution is 0.102. The summed E-state index contributed by atoms with van der Waals surface area (Å²) in [5.74, 6) is 0.391. The van der Waals surface area contributed by atoms with E-state index in [1.165, 1.54) is 4.57 Å². The third kappa shape index (κ3) is 4.33. The van der Waals surface area contributed by atoms with E-state index in [1.807, 2.05) is 54.6 Å². The van der Waals surface area contributed by atoms with Gasteiger partial charge in [-0.3, -0.25) is 9.59 Å². The van der Waals surface area contributed by atoms with Crippen molar-refractivity contribution in [1.82, 2.24) is 9.55 Å². The minimum atomic E-state index is -0.330. The van der Waals surface area contributed by atoms with Crippen LogP contribution in [0.5, 0.6) is 0 Å². The summed E-state index contributed by atoms with van der Waals surface area (Å²) in [5.41, 5.74) is 3.16. The molecule has 0 atom stereocenters. The second kappa shape index (κ2) is 8.83. The number of nitrogens with one attached hydrogen (secondary N) is 2. The number of amides is 1. The molecule has 0 aliphatic rings. The van der Waals surface area contributed by atoms with Crippen molar-refractivity contribution in [3.8, 4) is 11.1 Å². The van der Waals surface area contributed by atoms with Crippen LogP contribution >= 0.6 is 0 Å². The zero-order chi connectivity index (χ0) is 21.8. The molecular formula is C25H24N4O2. The molecule has 0 radical (unpaired) electrons. The standard InChI is InChI=1S/C25H24N4O2/c1-3-12-26-23-15-22-20(16-27-23)14-21(25(31)29(22)2)28-24(30)19-11-7-10-18(13-19)17-8-5-4-6-9-17/h4-11,13-16H,3,12H2,1-2H3,(H,26,27)(H,28,30). The van der Waals surface area contributed by atoms with Crippen molar-refractivity contribution in [2.24, 2.45) is 7.05 Å². The molecule has 0 unspecified atom stereocenters. The summed E-state index contributed by atoms with van der Waals surface area (Å²) >= 11 is 0. The number of carbonyl (C=O) groups excluding carboxylic acids is 1. The fourth-order valence-corrected chi connectivity index (χ4v) is 3.47. The molecule has 6 heteroatoms. The number of carbonyl (C=O) groups is 1. The number of aromatic nitrogens is 2. The first-order valence-electron chi connectivity index (χ1n) is 10.3. The number of pyridine rings is 2. The topological polar surface area (TPSA) is 76.0 Å². The predicted octanol–water partition coefficient (Wildman–Crippen LogP) is 4.67. The van der Waals surface area contributed by atoms with E-state index in [-0.39, 0.29) is 17.2 Å². The quantitative estimate of drug-likeness (QED) is 0.482. The Balaban J connectivity index is 1.63. The van der Waals surface area contributed by atoms with Crippen LogP contribution in [0.1, 0.15) is 23.7 Å². The van der Waals surface area contributed by atoms with Gasteiger partial charge in [-0.1, -0.05) is 49.4 Å². The van der Waals surface area contributed by atoms with Gasteiger partial charge in [-0.2, -0.15) is 0 Å². The molecule has 4 aromatic rings. The van der Waals surface area contributed by atoms with Gasteiger partial charge in [0.05, 0.1) is 5.52 Å². The highest BCUT2D eigenvalue weighted by atomic mass is 16.2. The number of anilines is 2. The molecule has 31 heavy (non-hydrogen) atoms. The maximum Gasteiger partial charge on any atom is 0.274 e. The van der Waals surface area contributed by atoms with Crippen LogP contribution in [0.25, 0.3) is 22.0 Å². The van der Waals surface area contributed by atoms with E-state index >= 15 is 0 Å². The Kier molecular flexibility index (Phi) is 5.80. The molecule has 0 spiro atoms. The van der Waals surface area contributed by atoms with Gasteiger partial charge < -0.3 is 15.2 Å². The van der Waals surface area contributed by atoms with E-state index in [0.717, 1.165) is 40.8 Å². The number of nitrogens with zero attached hydrogens (tertiary/aromatic N) is 2. The first-order chi connectivity index (χ1) is 15.1. The molecule has 2 heterocycles. The molecule has 2 N–H and O–H groups in total. The second-order valence-electron chi connectivity index (χ2n) is 7.38. The molecule has 0 fully saturated rings. The maximum atomic E-state index is 12.9. The fraction of sp³-hybridized carbons (Fsp3) is 0.160. The zero-order valence-electron chi connectivity index (χ0n) is 17.6. The van der Waals surface area contributed by atoms with E-state index in [0.29, 0.717) is 5.56 Å². The van der Waals surface area contributed by atoms with E-state index in [1.54, 1.807) is 25.4 Å². The second-order valence-corrected chi connectivity index (χ2v) is 7.38. The van der Waals surface area contributed by atoms with Crippen LogP contribution in [0, 0.1) is 0 Å². The zero-order valence-corrected chi connectivity index (χ0v) is 17.6. The Morgan fingerprint density at radius 2 is 1.77 bits per heavy atom. The predicted molar refractivity (Wildman–Crippen MR) is 126 cm³/mol. The Morgan fingerprint density at radius 1 is 1.00 bits per heavy atom. The van der Waals surface area contributed by atoms with Crippen LogP contribution in [-0.4, -0.2) is 22.0 Å². The van der Waals surface area contributed by atoms with Crippen LogP contribution < -0.4 is 16.2 Å². The lowest BCUT2D eigenvalue weighted by atomic mass is 10.0. The van der Waals surface area contributed by atoms with Gasteiger partial charge in [0.15, 0.2) is 0 Å². The van der Waals surface area contributed by atoms with Gasteiger partial charge in [0, 0.05) is 36.8 Å². The average molecular weight is 412 g/mol. The minimum absolute atomic E-state index is 0.223. The van der Waals surface area contributed by atoms with Gasteiger partial charge in [0.25, 0.3) is 11.5 Å². The number of aryl methyl sites for hydroxylation is 1. The SMILES string of the molecule is CCCNc1cc2c(cn1)cc(NC(=O)c1cccc(-c3ccccc3)c1)c(=O)n2C. The molecule has 156 valence electrons. The summed E-state index contributed by atoms with van der Waals surface area (Å²) in [6.07, 6.45) is 2.69. The summed E-state index contributed by atoms with van der Waals surface area (Å²) in [6.45, 7) is 2.89. The van der Waals surface area contributed by atoms with Crippen LogP contribution in [0.15, 0.2) is 77.7 Å². The van der Waals surface area contributed by atoms with Gasteiger partial charge in [-0.25, -0.2) is 4.98 Å². The highest BCUT2D eigenvalue weighted by Crippen LogP contribution is 2.21. The Hall–Kier alpha value is -3.93. The summed E-state index contributed by atoms with van der Waals surface area (Å²) in [6, 6.07) is 20.7. The number of fused-ring (bicyclic) bond motifs is 1. The number of hydrogen-bond donors (Lipinski definition) is 2. The van der Waals surface area contributed by atoms with Crippen molar-refractivity contribution in [3.63, 3.8) is 0 Å². The summed E-state index contributed by atoms with van der Waals surface area (Å²) < 4.78 is 1.53. The van der Waals surface area contributed by atoms with Crippen molar-refractivity contribution in [2.45, 2.75) is 13.3 Å². The van der Waals surface area contributed by atoms with Gasteiger partial charge >= 0.3 is 0 Å². The van der Waals surface area contributed by atoms with Crippen molar-refractivity contribution in [1.29, 1.82) is 0 Å². The van der Waals surface area contributed by atoms with Gasteiger partial charge in [0.2, 0.25) is 0 Å². The molecule has 2 aromatic carbocycles. The third-order valence-electron chi connectivity index (χ3n) is 5.14. The smallest absolute Gasteiger partial charge is 0.274 e. The van der Waals surface area contributed by atoms with Crippen LogP contribution in [0.3, 0.4) is 0 Å². The summed E-state index contributed by atoms with van der Waals surface area (Å²) in [5, 5.41) is 6.77.